The number of pyridine rings is 1. The number of nitrogens with zero attached hydrogens (tertiary/aromatic N) is 2. The third kappa shape index (κ3) is 5.53. The van der Waals surface area contributed by atoms with E-state index in [4.69, 9.17) is 18.9 Å². The number of nitrogens with one attached hydrogen (secondary N) is 1. The number of benzene rings is 2. The zero-order chi connectivity index (χ0) is 25.8. The summed E-state index contributed by atoms with van der Waals surface area (Å²) >= 11 is 0. The number of rotatable bonds is 8. The number of amides is 2. The number of aromatic nitrogens is 1. The van der Waals surface area contributed by atoms with Crippen LogP contribution in [0.4, 0.5) is 9.18 Å². The molecule has 3 aromatic rings. The number of hydrogen-bond acceptors (Lipinski definition) is 7. The fourth-order valence-corrected chi connectivity index (χ4v) is 4.34. The predicted octanol–water partition coefficient (Wildman–Crippen LogP) is 4.16. The van der Waals surface area contributed by atoms with Gasteiger partial charge in [-0.15, -0.1) is 0 Å². The van der Waals surface area contributed by atoms with Crippen LogP contribution in [0.15, 0.2) is 65.8 Å². The molecule has 9 nitrogen and oxygen atoms in total. The van der Waals surface area contributed by atoms with Gasteiger partial charge in [0.15, 0.2) is 11.5 Å². The van der Waals surface area contributed by atoms with Gasteiger partial charge in [-0.05, 0) is 53.8 Å². The van der Waals surface area contributed by atoms with Crippen molar-refractivity contribution in [1.29, 1.82) is 0 Å². The van der Waals surface area contributed by atoms with Crippen LogP contribution in [-0.2, 0) is 22.6 Å². The average Bonchev–Trinajstić information content (AvgIpc) is 3.38. The molecule has 1 aromatic heterocycles. The monoisotopic (exact) mass is 505 g/mol. The molecule has 0 spiro atoms. The van der Waals surface area contributed by atoms with E-state index in [1.807, 2.05) is 18.2 Å². The Morgan fingerprint density at radius 1 is 1.08 bits per heavy atom. The van der Waals surface area contributed by atoms with Gasteiger partial charge >= 0.3 is 12.0 Å². The first-order valence-electron chi connectivity index (χ1n) is 11.7. The van der Waals surface area contributed by atoms with Gasteiger partial charge in [-0.1, -0.05) is 24.3 Å². The Morgan fingerprint density at radius 3 is 2.73 bits per heavy atom. The van der Waals surface area contributed by atoms with Crippen LogP contribution < -0.4 is 19.5 Å². The zero-order valence-electron chi connectivity index (χ0n) is 20.0. The maximum absolute atomic E-state index is 13.6. The second kappa shape index (κ2) is 10.7. The van der Waals surface area contributed by atoms with Gasteiger partial charge in [0.25, 0.3) is 0 Å². The molecule has 37 heavy (non-hydrogen) atoms. The fraction of sp³-hybridized carbons (Fsp3) is 0.259. The van der Waals surface area contributed by atoms with E-state index < -0.39 is 29.8 Å². The van der Waals surface area contributed by atoms with Crippen molar-refractivity contribution in [2.75, 3.05) is 13.9 Å². The van der Waals surface area contributed by atoms with Crippen LogP contribution in [0.25, 0.3) is 0 Å². The number of aryl methyl sites for hydroxylation is 1. The number of urea groups is 1. The third-order valence-electron chi connectivity index (χ3n) is 6.17. The van der Waals surface area contributed by atoms with Crippen molar-refractivity contribution in [3.8, 4) is 17.4 Å². The minimum atomic E-state index is -0.907. The zero-order valence-corrected chi connectivity index (χ0v) is 20.0. The molecule has 0 aliphatic carbocycles. The summed E-state index contributed by atoms with van der Waals surface area (Å²) < 4.78 is 35.1. The number of hydrogen-bond donors (Lipinski definition) is 1. The molecule has 0 radical (unpaired) electrons. The summed E-state index contributed by atoms with van der Waals surface area (Å²) in [4.78, 5) is 34.3. The van der Waals surface area contributed by atoms with E-state index in [-0.39, 0.29) is 13.4 Å². The molecule has 2 atom stereocenters. The molecule has 3 heterocycles. The van der Waals surface area contributed by atoms with Gasteiger partial charge in [-0.25, -0.2) is 19.2 Å². The molecule has 190 valence electrons. The molecule has 2 aromatic carbocycles. The standard InChI is InChI=1S/C27H24FN3O6/c1-34-23-10-7-18(13-29-23)25-24(26(32)35-14-17-3-2-4-19(28)11-17)20(30-27(33)31-25)8-5-16-6-9-21-22(12-16)37-15-36-21/h2-4,6-7,9-13,24-25H,5,8,14-15H2,1H3,(H,31,33). The summed E-state index contributed by atoms with van der Waals surface area (Å²) in [6, 6.07) is 13.5. The fourth-order valence-electron chi connectivity index (χ4n) is 4.34. The van der Waals surface area contributed by atoms with Gasteiger partial charge < -0.3 is 24.3 Å². The number of esters is 1. The molecule has 0 fully saturated rings. The van der Waals surface area contributed by atoms with E-state index in [1.54, 1.807) is 24.3 Å². The number of carbonyl (C=O) groups excluding carboxylic acids is 2. The topological polar surface area (TPSA) is 108 Å². The SMILES string of the molecule is COc1ccc(C2NC(=O)N=C(CCc3ccc4c(c3)OCO4)C2C(=O)OCc2cccc(F)c2)cn1. The van der Waals surface area contributed by atoms with Crippen molar-refractivity contribution in [2.45, 2.75) is 25.5 Å². The molecule has 5 rings (SSSR count). The minimum absolute atomic E-state index is 0.121. The number of ether oxygens (including phenoxy) is 4. The summed E-state index contributed by atoms with van der Waals surface area (Å²) in [5.74, 6) is -0.206. The summed E-state index contributed by atoms with van der Waals surface area (Å²) in [5, 5.41) is 2.77. The maximum atomic E-state index is 13.6. The van der Waals surface area contributed by atoms with Gasteiger partial charge in [0, 0.05) is 18.0 Å². The number of halogens is 1. The van der Waals surface area contributed by atoms with Gasteiger partial charge in [-0.2, -0.15) is 0 Å². The maximum Gasteiger partial charge on any atom is 0.341 e. The second-order valence-corrected chi connectivity index (χ2v) is 8.57. The first-order chi connectivity index (χ1) is 18.0. The van der Waals surface area contributed by atoms with Crippen LogP contribution >= 0.6 is 0 Å². The highest BCUT2D eigenvalue weighted by Gasteiger charge is 2.40. The quantitative estimate of drug-likeness (QED) is 0.458. The largest absolute Gasteiger partial charge is 0.481 e. The van der Waals surface area contributed by atoms with Crippen molar-refractivity contribution in [3.63, 3.8) is 0 Å². The average molecular weight is 506 g/mol. The molecule has 1 N–H and O–H groups in total. The lowest BCUT2D eigenvalue weighted by atomic mass is 9.85. The lowest BCUT2D eigenvalue weighted by Crippen LogP contribution is -2.45. The Morgan fingerprint density at radius 2 is 1.95 bits per heavy atom. The highest BCUT2D eigenvalue weighted by molar-refractivity contribution is 6.09. The molecule has 2 unspecified atom stereocenters. The predicted molar refractivity (Wildman–Crippen MR) is 130 cm³/mol. The van der Waals surface area contributed by atoms with Gasteiger partial charge in [0.1, 0.15) is 18.3 Å². The van der Waals surface area contributed by atoms with Crippen LogP contribution in [0.2, 0.25) is 0 Å². The molecule has 0 bridgehead atoms. The van der Waals surface area contributed by atoms with Crippen molar-refractivity contribution >= 4 is 17.7 Å². The van der Waals surface area contributed by atoms with E-state index in [9.17, 15) is 14.0 Å². The minimum Gasteiger partial charge on any atom is -0.481 e. The van der Waals surface area contributed by atoms with E-state index in [0.717, 1.165) is 5.56 Å². The van der Waals surface area contributed by atoms with E-state index in [1.165, 1.54) is 25.4 Å². The van der Waals surface area contributed by atoms with Crippen molar-refractivity contribution in [1.82, 2.24) is 10.3 Å². The Labute approximate surface area is 212 Å². The van der Waals surface area contributed by atoms with Crippen molar-refractivity contribution < 1.29 is 32.9 Å². The second-order valence-electron chi connectivity index (χ2n) is 8.57. The molecular weight excluding hydrogens is 481 g/mol. The Balaban J connectivity index is 1.40. The summed E-state index contributed by atoms with van der Waals surface area (Å²) in [6.45, 7) is 0.0481. The van der Waals surface area contributed by atoms with Crippen molar-refractivity contribution in [3.05, 3.63) is 83.3 Å². The van der Waals surface area contributed by atoms with Crippen LogP contribution in [-0.4, -0.2) is 36.6 Å². The summed E-state index contributed by atoms with van der Waals surface area (Å²) in [7, 11) is 1.50. The van der Waals surface area contributed by atoms with Gasteiger partial charge in [0.2, 0.25) is 12.7 Å². The smallest absolute Gasteiger partial charge is 0.341 e. The molecule has 0 saturated carbocycles. The summed E-state index contributed by atoms with van der Waals surface area (Å²) in [5.41, 5.74) is 2.42. The summed E-state index contributed by atoms with van der Waals surface area (Å²) in [6.07, 6.45) is 2.37. The van der Waals surface area contributed by atoms with Crippen LogP contribution in [0.5, 0.6) is 17.4 Å². The normalized spacial score (nSPS) is 18.1. The Kier molecular flexibility index (Phi) is 6.98. The van der Waals surface area contributed by atoms with Crippen molar-refractivity contribution in [2.24, 2.45) is 10.9 Å². The lowest BCUT2D eigenvalue weighted by Gasteiger charge is -2.31. The molecule has 2 amide bonds. The number of carbonyl (C=O) groups is 2. The van der Waals surface area contributed by atoms with E-state index in [0.29, 0.717) is 47.1 Å². The van der Waals surface area contributed by atoms with Crippen LogP contribution in [0.1, 0.15) is 29.2 Å². The molecule has 2 aliphatic rings. The molecular formula is C27H24FN3O6. The van der Waals surface area contributed by atoms with Gasteiger partial charge in [-0.3, -0.25) is 4.79 Å². The molecule has 10 heteroatoms. The van der Waals surface area contributed by atoms with E-state index >= 15 is 0 Å². The Bertz CT molecular complexity index is 1340. The van der Waals surface area contributed by atoms with Gasteiger partial charge in [0.05, 0.1) is 13.2 Å². The molecule has 2 aliphatic heterocycles. The number of methoxy groups -OCH3 is 1. The van der Waals surface area contributed by atoms with Crippen LogP contribution in [0.3, 0.4) is 0 Å². The highest BCUT2D eigenvalue weighted by Crippen LogP contribution is 2.34. The number of aliphatic imine (C=N–C) groups is 1. The highest BCUT2D eigenvalue weighted by atomic mass is 19.1. The van der Waals surface area contributed by atoms with Crippen LogP contribution in [0, 0.1) is 11.7 Å². The molecule has 0 saturated heterocycles. The third-order valence-corrected chi connectivity index (χ3v) is 6.17. The lowest BCUT2D eigenvalue weighted by molar-refractivity contribution is -0.148. The Hall–Kier alpha value is -4.47. The first kappa shape index (κ1) is 24.2. The van der Waals surface area contributed by atoms with E-state index in [2.05, 4.69) is 15.3 Å². The first-order valence-corrected chi connectivity index (χ1v) is 11.7. The number of fused-ring (bicyclic) bond motifs is 1.